The van der Waals surface area contributed by atoms with E-state index in [1.807, 2.05) is 49.4 Å². The number of ether oxygens (including phenoxy) is 1. The van der Waals surface area contributed by atoms with Gasteiger partial charge in [-0.3, -0.25) is 4.98 Å². The van der Waals surface area contributed by atoms with Gasteiger partial charge in [0.25, 0.3) is 0 Å². The summed E-state index contributed by atoms with van der Waals surface area (Å²) < 4.78 is 5.78. The lowest BCUT2D eigenvalue weighted by atomic mass is 10.1. The maximum absolute atomic E-state index is 11.0. The number of carbonyl (C=O) groups excluding carboxylic acids is 1. The van der Waals surface area contributed by atoms with E-state index in [4.69, 9.17) is 10.5 Å². The molecular formula is C18H14BrN3O2. The average molecular weight is 384 g/mol. The molecule has 0 aliphatic heterocycles. The van der Waals surface area contributed by atoms with Gasteiger partial charge in [0.15, 0.2) is 0 Å². The summed E-state index contributed by atoms with van der Waals surface area (Å²) in [7, 11) is 0. The highest BCUT2D eigenvalue weighted by Crippen LogP contribution is 2.29. The highest BCUT2D eigenvalue weighted by atomic mass is 79.9. The minimum atomic E-state index is -0.858. The second-order valence-corrected chi connectivity index (χ2v) is 6.13. The van der Waals surface area contributed by atoms with Crippen molar-refractivity contribution in [1.29, 1.82) is 0 Å². The Labute approximate surface area is 147 Å². The largest absolute Gasteiger partial charge is 0.410 e. The Morgan fingerprint density at radius 2 is 1.96 bits per heavy atom. The zero-order valence-electron chi connectivity index (χ0n) is 12.9. The number of fused-ring (bicyclic) bond motifs is 1. The highest BCUT2D eigenvalue weighted by molar-refractivity contribution is 9.10. The minimum absolute atomic E-state index is 0.371. The van der Waals surface area contributed by atoms with Crippen LogP contribution in [0.5, 0.6) is 5.75 Å². The van der Waals surface area contributed by atoms with Gasteiger partial charge in [-0.1, -0.05) is 15.9 Å². The number of aryl methyl sites for hydroxylation is 1. The first-order valence-electron chi connectivity index (χ1n) is 7.19. The summed E-state index contributed by atoms with van der Waals surface area (Å²) in [4.78, 5) is 19.9. The molecule has 3 aromatic rings. The van der Waals surface area contributed by atoms with E-state index in [1.54, 1.807) is 12.3 Å². The van der Waals surface area contributed by atoms with Crippen LogP contribution in [-0.4, -0.2) is 16.1 Å². The van der Waals surface area contributed by atoms with Crippen LogP contribution < -0.4 is 10.5 Å². The van der Waals surface area contributed by atoms with Crippen molar-refractivity contribution < 1.29 is 9.53 Å². The molecule has 0 unspecified atom stereocenters. The average Bonchev–Trinajstić information content (AvgIpc) is 2.52. The Morgan fingerprint density at radius 3 is 2.71 bits per heavy atom. The highest BCUT2D eigenvalue weighted by Gasteiger charge is 2.08. The molecule has 6 heteroatoms. The first-order chi connectivity index (χ1) is 11.5. The Kier molecular flexibility index (Phi) is 4.57. The lowest BCUT2D eigenvalue weighted by Gasteiger charge is -2.07. The fourth-order valence-electron chi connectivity index (χ4n) is 2.29. The van der Waals surface area contributed by atoms with E-state index in [-0.39, 0.29) is 0 Å². The molecule has 0 spiro atoms. The van der Waals surface area contributed by atoms with Crippen LogP contribution in [0.3, 0.4) is 0 Å². The number of nitrogens with two attached hydrogens (primary N) is 1. The van der Waals surface area contributed by atoms with Gasteiger partial charge in [-0.2, -0.15) is 0 Å². The van der Waals surface area contributed by atoms with E-state index in [0.29, 0.717) is 16.7 Å². The summed E-state index contributed by atoms with van der Waals surface area (Å²) in [5, 5.41) is 0.711. The summed E-state index contributed by atoms with van der Waals surface area (Å²) in [6.45, 7) is 2.02. The smallest absolute Gasteiger partial charge is 0.409 e. The molecule has 2 N–H and O–H groups in total. The summed E-state index contributed by atoms with van der Waals surface area (Å²) in [6.07, 6.45) is 4.70. The van der Waals surface area contributed by atoms with E-state index in [9.17, 15) is 4.79 Å². The summed E-state index contributed by atoms with van der Waals surface area (Å²) in [5.74, 6) is 0.371. The number of amides is 1. The Morgan fingerprint density at radius 1 is 1.17 bits per heavy atom. The molecule has 2 aromatic heterocycles. The van der Waals surface area contributed by atoms with Gasteiger partial charge in [0, 0.05) is 16.1 Å². The van der Waals surface area contributed by atoms with Crippen LogP contribution in [0.4, 0.5) is 4.79 Å². The van der Waals surface area contributed by atoms with Crippen LogP contribution in [0.2, 0.25) is 0 Å². The lowest BCUT2D eigenvalue weighted by molar-refractivity contribution is 0.211. The molecule has 0 fully saturated rings. The molecule has 0 saturated heterocycles. The summed E-state index contributed by atoms with van der Waals surface area (Å²) in [5.41, 5.74) is 8.58. The predicted molar refractivity (Wildman–Crippen MR) is 97.6 cm³/mol. The second kappa shape index (κ2) is 6.80. The zero-order chi connectivity index (χ0) is 17.1. The van der Waals surface area contributed by atoms with Gasteiger partial charge < -0.3 is 10.5 Å². The van der Waals surface area contributed by atoms with Gasteiger partial charge in [-0.25, -0.2) is 9.78 Å². The van der Waals surface area contributed by atoms with Crippen molar-refractivity contribution in [3.63, 3.8) is 0 Å². The number of rotatable bonds is 3. The normalized spacial score (nSPS) is 11.1. The quantitative estimate of drug-likeness (QED) is 0.729. The first kappa shape index (κ1) is 16.1. The molecule has 120 valence electrons. The van der Waals surface area contributed by atoms with E-state index in [0.717, 1.165) is 21.4 Å². The standard InChI is InChI=1S/C18H14BrN3O2/c1-11-6-7-21-14(8-11)3-2-13-4-5-15-16(22-13)9-12(19)10-17(15)24-18(20)23/h2-10H,1H3,(H2,20,23)/b3-2+. The molecule has 0 saturated carbocycles. The van der Waals surface area contributed by atoms with Gasteiger partial charge >= 0.3 is 6.09 Å². The van der Waals surface area contributed by atoms with Crippen LogP contribution in [0.15, 0.2) is 47.1 Å². The van der Waals surface area contributed by atoms with E-state index < -0.39 is 6.09 Å². The monoisotopic (exact) mass is 383 g/mol. The van der Waals surface area contributed by atoms with Crippen molar-refractivity contribution in [3.05, 3.63) is 64.0 Å². The molecule has 24 heavy (non-hydrogen) atoms. The maximum Gasteiger partial charge on any atom is 0.409 e. The van der Waals surface area contributed by atoms with E-state index >= 15 is 0 Å². The molecule has 5 nitrogen and oxygen atoms in total. The third-order valence-electron chi connectivity index (χ3n) is 3.33. The number of primary amides is 1. The first-order valence-corrected chi connectivity index (χ1v) is 7.99. The SMILES string of the molecule is Cc1ccnc(/C=C/c2ccc3c(OC(N)=O)cc(Br)cc3n2)c1. The van der Waals surface area contributed by atoms with Crippen LogP contribution in [0.1, 0.15) is 17.0 Å². The van der Waals surface area contributed by atoms with Gasteiger partial charge in [0.2, 0.25) is 0 Å². The van der Waals surface area contributed by atoms with Gasteiger partial charge in [-0.05, 0) is 61.0 Å². The predicted octanol–water partition coefficient (Wildman–Crippen LogP) is 4.33. The Bertz CT molecular complexity index is 954. The third-order valence-corrected chi connectivity index (χ3v) is 3.79. The molecule has 0 aliphatic rings. The number of carbonyl (C=O) groups is 1. The second-order valence-electron chi connectivity index (χ2n) is 5.22. The van der Waals surface area contributed by atoms with Crippen LogP contribution >= 0.6 is 15.9 Å². The topological polar surface area (TPSA) is 78.1 Å². The molecule has 0 aliphatic carbocycles. The van der Waals surface area contributed by atoms with Crippen molar-refractivity contribution in [2.24, 2.45) is 5.73 Å². The summed E-state index contributed by atoms with van der Waals surface area (Å²) >= 11 is 3.38. The van der Waals surface area contributed by atoms with E-state index in [1.165, 1.54) is 0 Å². The van der Waals surface area contributed by atoms with Crippen LogP contribution in [0.25, 0.3) is 23.1 Å². The molecule has 0 radical (unpaired) electrons. The number of aromatic nitrogens is 2. The lowest BCUT2D eigenvalue weighted by Crippen LogP contribution is -2.16. The van der Waals surface area contributed by atoms with Crippen LogP contribution in [0, 0.1) is 6.92 Å². The molecule has 2 heterocycles. The number of hydrogen-bond donors (Lipinski definition) is 1. The van der Waals surface area contributed by atoms with E-state index in [2.05, 4.69) is 25.9 Å². The molecule has 1 amide bonds. The zero-order valence-corrected chi connectivity index (χ0v) is 14.4. The van der Waals surface area contributed by atoms with Gasteiger partial charge in [0.05, 0.1) is 16.9 Å². The van der Waals surface area contributed by atoms with Crippen molar-refractivity contribution in [2.75, 3.05) is 0 Å². The maximum atomic E-state index is 11.0. The molecular weight excluding hydrogens is 370 g/mol. The molecule has 0 atom stereocenters. The van der Waals surface area contributed by atoms with Crippen molar-refractivity contribution >= 4 is 45.1 Å². The van der Waals surface area contributed by atoms with Gasteiger partial charge in [0.1, 0.15) is 5.75 Å². The fraction of sp³-hybridized carbons (Fsp3) is 0.0556. The van der Waals surface area contributed by atoms with Crippen molar-refractivity contribution in [3.8, 4) is 5.75 Å². The number of halogens is 1. The van der Waals surface area contributed by atoms with Crippen molar-refractivity contribution in [1.82, 2.24) is 9.97 Å². The number of pyridine rings is 2. The fourth-order valence-corrected chi connectivity index (χ4v) is 2.72. The number of benzene rings is 1. The Balaban J connectivity index is 1.98. The number of nitrogens with zero attached hydrogens (tertiary/aromatic N) is 2. The molecule has 1 aromatic carbocycles. The van der Waals surface area contributed by atoms with Gasteiger partial charge in [-0.15, -0.1) is 0 Å². The third kappa shape index (κ3) is 3.78. The minimum Gasteiger partial charge on any atom is -0.410 e. The Hall–Kier alpha value is -2.73. The molecule has 0 bridgehead atoms. The molecule has 3 rings (SSSR count). The van der Waals surface area contributed by atoms with Crippen LogP contribution in [-0.2, 0) is 0 Å². The van der Waals surface area contributed by atoms with Crippen molar-refractivity contribution in [2.45, 2.75) is 6.92 Å². The summed E-state index contributed by atoms with van der Waals surface area (Å²) in [6, 6.07) is 11.2. The number of hydrogen-bond acceptors (Lipinski definition) is 4.